The van der Waals surface area contributed by atoms with E-state index in [9.17, 15) is 4.79 Å². The van der Waals surface area contributed by atoms with Crippen LogP contribution in [0.3, 0.4) is 0 Å². The third-order valence-electron chi connectivity index (χ3n) is 3.95. The topological polar surface area (TPSA) is 75.5 Å². The number of thiazole rings is 1. The van der Waals surface area contributed by atoms with Crippen molar-refractivity contribution in [2.75, 3.05) is 14.2 Å². The number of esters is 1. The second-order valence-electron chi connectivity index (χ2n) is 5.93. The van der Waals surface area contributed by atoms with Crippen LogP contribution in [0.2, 0.25) is 0 Å². The van der Waals surface area contributed by atoms with Gasteiger partial charge in [-0.2, -0.15) is 5.10 Å². The van der Waals surface area contributed by atoms with E-state index in [0.717, 1.165) is 22.0 Å². The second-order valence-corrected chi connectivity index (χ2v) is 6.79. The van der Waals surface area contributed by atoms with Crippen molar-refractivity contribution in [2.24, 2.45) is 0 Å². The number of aromatic nitrogens is 3. The number of para-hydroxylation sites is 1. The zero-order valence-electron chi connectivity index (χ0n) is 15.7. The van der Waals surface area contributed by atoms with E-state index >= 15 is 0 Å². The van der Waals surface area contributed by atoms with E-state index in [0.29, 0.717) is 17.2 Å². The van der Waals surface area contributed by atoms with Crippen LogP contribution in [0.4, 0.5) is 0 Å². The number of hydrogen-bond acceptors (Lipinski definition) is 7. The van der Waals surface area contributed by atoms with Crippen molar-refractivity contribution in [3.8, 4) is 22.1 Å². The van der Waals surface area contributed by atoms with E-state index in [1.807, 2.05) is 43.5 Å². The smallest absolute Gasteiger partial charge is 0.328 e. The van der Waals surface area contributed by atoms with Gasteiger partial charge in [0.1, 0.15) is 18.2 Å². The molecule has 2 aromatic heterocycles. The second kappa shape index (κ2) is 8.22. The number of rotatable bonds is 7. The van der Waals surface area contributed by atoms with Crippen molar-refractivity contribution in [3.05, 3.63) is 46.7 Å². The van der Waals surface area contributed by atoms with Crippen LogP contribution in [0.25, 0.3) is 10.6 Å². The summed E-state index contributed by atoms with van der Waals surface area (Å²) >= 11 is 1.46. The standard InChI is InChI=1S/C19H21N3O4S/c1-12-8-13(2)22(21-12)9-17(23)26-10-14-11-27-19(20-14)15-6-5-7-16(24-3)18(15)25-4/h5-8,11H,9-10H2,1-4H3. The van der Waals surface area contributed by atoms with Gasteiger partial charge in [0.15, 0.2) is 11.5 Å². The van der Waals surface area contributed by atoms with Gasteiger partial charge in [-0.3, -0.25) is 9.48 Å². The molecule has 0 saturated heterocycles. The van der Waals surface area contributed by atoms with E-state index in [2.05, 4.69) is 10.1 Å². The minimum Gasteiger partial charge on any atom is -0.493 e. The predicted molar refractivity (Wildman–Crippen MR) is 102 cm³/mol. The predicted octanol–water partition coefficient (Wildman–Crippen LogP) is 3.38. The summed E-state index contributed by atoms with van der Waals surface area (Å²) in [5, 5.41) is 6.90. The van der Waals surface area contributed by atoms with Gasteiger partial charge in [0.2, 0.25) is 0 Å². The Morgan fingerprint density at radius 2 is 2.04 bits per heavy atom. The van der Waals surface area contributed by atoms with Gasteiger partial charge in [-0.05, 0) is 32.0 Å². The lowest BCUT2D eigenvalue weighted by molar-refractivity contribution is -0.146. The fourth-order valence-corrected chi connectivity index (χ4v) is 3.54. The fourth-order valence-electron chi connectivity index (χ4n) is 2.71. The maximum atomic E-state index is 12.1. The Morgan fingerprint density at radius 1 is 1.22 bits per heavy atom. The Bertz CT molecular complexity index is 948. The van der Waals surface area contributed by atoms with Crippen LogP contribution >= 0.6 is 11.3 Å². The SMILES string of the molecule is COc1cccc(-c2nc(COC(=O)Cn3nc(C)cc3C)cs2)c1OC. The van der Waals surface area contributed by atoms with Crippen LogP contribution in [-0.4, -0.2) is 35.0 Å². The first-order valence-corrected chi connectivity index (χ1v) is 9.22. The summed E-state index contributed by atoms with van der Waals surface area (Å²) in [6.07, 6.45) is 0. The number of ether oxygens (including phenoxy) is 3. The molecule has 7 nitrogen and oxygen atoms in total. The summed E-state index contributed by atoms with van der Waals surface area (Å²) in [5.41, 5.74) is 3.31. The largest absolute Gasteiger partial charge is 0.493 e. The van der Waals surface area contributed by atoms with E-state index in [1.165, 1.54) is 11.3 Å². The number of aryl methyl sites for hydroxylation is 2. The van der Waals surface area contributed by atoms with E-state index < -0.39 is 0 Å². The van der Waals surface area contributed by atoms with Gasteiger partial charge in [-0.25, -0.2) is 4.98 Å². The Hall–Kier alpha value is -2.87. The van der Waals surface area contributed by atoms with Crippen molar-refractivity contribution in [3.63, 3.8) is 0 Å². The van der Waals surface area contributed by atoms with Crippen LogP contribution < -0.4 is 9.47 Å². The molecule has 3 aromatic rings. The Balaban J connectivity index is 1.66. The summed E-state index contributed by atoms with van der Waals surface area (Å²) in [4.78, 5) is 16.6. The van der Waals surface area contributed by atoms with Crippen LogP contribution in [0, 0.1) is 13.8 Å². The van der Waals surface area contributed by atoms with Gasteiger partial charge in [0.05, 0.1) is 31.2 Å². The van der Waals surface area contributed by atoms with E-state index in [1.54, 1.807) is 18.9 Å². The van der Waals surface area contributed by atoms with Gasteiger partial charge in [0, 0.05) is 11.1 Å². The molecule has 8 heteroatoms. The molecule has 0 spiro atoms. The molecule has 0 radical (unpaired) electrons. The third kappa shape index (κ3) is 4.28. The molecule has 142 valence electrons. The first-order valence-electron chi connectivity index (χ1n) is 8.34. The lowest BCUT2D eigenvalue weighted by Gasteiger charge is -2.10. The number of nitrogens with zero attached hydrogens (tertiary/aromatic N) is 3. The normalized spacial score (nSPS) is 10.7. The molecule has 2 heterocycles. The fraction of sp³-hybridized carbons (Fsp3) is 0.316. The molecule has 0 atom stereocenters. The van der Waals surface area contributed by atoms with Gasteiger partial charge < -0.3 is 14.2 Å². The van der Waals surface area contributed by atoms with E-state index in [4.69, 9.17) is 14.2 Å². The molecule has 0 fully saturated rings. The number of carbonyl (C=O) groups is 1. The quantitative estimate of drug-likeness (QED) is 0.579. The maximum Gasteiger partial charge on any atom is 0.328 e. The molecule has 0 aliphatic rings. The molecule has 0 aliphatic heterocycles. The van der Waals surface area contributed by atoms with Crippen LogP contribution in [0.15, 0.2) is 29.6 Å². The molecule has 27 heavy (non-hydrogen) atoms. The molecular weight excluding hydrogens is 366 g/mol. The molecule has 0 amide bonds. The maximum absolute atomic E-state index is 12.1. The van der Waals surface area contributed by atoms with Gasteiger partial charge in [-0.15, -0.1) is 11.3 Å². The minimum absolute atomic E-state index is 0.0837. The average Bonchev–Trinajstić information content (AvgIpc) is 3.25. The van der Waals surface area contributed by atoms with Crippen LogP contribution in [-0.2, 0) is 22.7 Å². The number of methoxy groups -OCH3 is 2. The molecule has 3 rings (SSSR count). The van der Waals surface area contributed by atoms with E-state index in [-0.39, 0.29) is 19.1 Å². The highest BCUT2D eigenvalue weighted by molar-refractivity contribution is 7.13. The molecule has 0 unspecified atom stereocenters. The van der Waals surface area contributed by atoms with Crippen LogP contribution in [0.1, 0.15) is 17.1 Å². The number of benzene rings is 1. The van der Waals surface area contributed by atoms with Crippen molar-refractivity contribution < 1.29 is 19.0 Å². The van der Waals surface area contributed by atoms with Gasteiger partial charge in [-0.1, -0.05) is 6.07 Å². The Kier molecular flexibility index (Phi) is 5.75. The van der Waals surface area contributed by atoms with Crippen LogP contribution in [0.5, 0.6) is 11.5 Å². The minimum atomic E-state index is -0.352. The van der Waals surface area contributed by atoms with Crippen molar-refractivity contribution in [2.45, 2.75) is 27.0 Å². The molecule has 0 aliphatic carbocycles. The Labute approximate surface area is 161 Å². The van der Waals surface area contributed by atoms with Gasteiger partial charge in [0.25, 0.3) is 0 Å². The highest BCUT2D eigenvalue weighted by atomic mass is 32.1. The first kappa shape index (κ1) is 18.9. The summed E-state index contributed by atoms with van der Waals surface area (Å²) in [5.74, 6) is 0.917. The summed E-state index contributed by atoms with van der Waals surface area (Å²) in [7, 11) is 3.19. The van der Waals surface area contributed by atoms with Crippen molar-refractivity contribution in [1.29, 1.82) is 0 Å². The summed E-state index contributed by atoms with van der Waals surface area (Å²) in [6, 6.07) is 7.55. The zero-order chi connectivity index (χ0) is 19.4. The van der Waals surface area contributed by atoms with Crippen molar-refractivity contribution >= 4 is 17.3 Å². The lowest BCUT2D eigenvalue weighted by atomic mass is 10.2. The first-order chi connectivity index (χ1) is 13.0. The molecule has 0 N–H and O–H groups in total. The lowest BCUT2D eigenvalue weighted by Crippen LogP contribution is -2.15. The number of hydrogen-bond donors (Lipinski definition) is 0. The highest BCUT2D eigenvalue weighted by Crippen LogP contribution is 2.38. The zero-order valence-corrected chi connectivity index (χ0v) is 16.5. The highest BCUT2D eigenvalue weighted by Gasteiger charge is 2.15. The Morgan fingerprint density at radius 3 is 2.70 bits per heavy atom. The molecule has 0 bridgehead atoms. The monoisotopic (exact) mass is 387 g/mol. The summed E-state index contributed by atoms with van der Waals surface area (Å²) < 4.78 is 17.7. The van der Waals surface area contributed by atoms with Crippen molar-refractivity contribution in [1.82, 2.24) is 14.8 Å². The average molecular weight is 387 g/mol. The molecular formula is C19H21N3O4S. The molecule has 0 saturated carbocycles. The summed E-state index contributed by atoms with van der Waals surface area (Å²) in [6.45, 7) is 3.99. The van der Waals surface area contributed by atoms with Gasteiger partial charge >= 0.3 is 5.97 Å². The number of carbonyl (C=O) groups excluding carboxylic acids is 1. The molecule has 1 aromatic carbocycles. The third-order valence-corrected chi connectivity index (χ3v) is 4.87.